The van der Waals surface area contributed by atoms with Crippen LogP contribution < -0.4 is 0 Å². The van der Waals surface area contributed by atoms with E-state index in [1.807, 2.05) is 10.9 Å². The molecule has 6 heteroatoms. The summed E-state index contributed by atoms with van der Waals surface area (Å²) in [7, 11) is 1.06. The van der Waals surface area contributed by atoms with Gasteiger partial charge in [-0.1, -0.05) is 0 Å². The van der Waals surface area contributed by atoms with Gasteiger partial charge in [0, 0.05) is 66.9 Å². The second kappa shape index (κ2) is 8.66. The highest BCUT2D eigenvalue weighted by Crippen LogP contribution is 2.25. The van der Waals surface area contributed by atoms with Crippen LogP contribution in [0.5, 0.6) is 0 Å². The van der Waals surface area contributed by atoms with Crippen molar-refractivity contribution in [1.82, 2.24) is 14.7 Å². The van der Waals surface area contributed by atoms with Gasteiger partial charge in [0.1, 0.15) is 0 Å². The largest absolute Gasteiger partial charge is 0.385 e. The maximum Gasteiger partial charge on any atom is 0.0538 e. The third-order valence-corrected chi connectivity index (χ3v) is 5.37. The van der Waals surface area contributed by atoms with Crippen LogP contribution in [0.2, 0.25) is 0 Å². The molecule has 0 unspecified atom stereocenters. The Labute approximate surface area is 130 Å². The average Bonchev–Trinajstić information content (AvgIpc) is 2.97. The molecular formula is C15H27N3O2S. The van der Waals surface area contributed by atoms with Crippen LogP contribution in [0.1, 0.15) is 37.8 Å². The molecule has 2 atom stereocenters. The van der Waals surface area contributed by atoms with Crippen molar-refractivity contribution in [2.24, 2.45) is 0 Å². The van der Waals surface area contributed by atoms with E-state index in [1.54, 1.807) is 7.11 Å². The first kappa shape index (κ1) is 16.6. The van der Waals surface area contributed by atoms with Crippen LogP contribution in [-0.2, 0) is 22.1 Å². The Morgan fingerprint density at radius 3 is 3.00 bits per heavy atom. The average molecular weight is 313 g/mol. The number of methoxy groups -OCH3 is 1. The lowest BCUT2D eigenvalue weighted by atomic mass is 10.1. The highest BCUT2D eigenvalue weighted by Gasteiger charge is 2.28. The van der Waals surface area contributed by atoms with Crippen molar-refractivity contribution in [3.63, 3.8) is 0 Å². The van der Waals surface area contributed by atoms with Gasteiger partial charge in [-0.3, -0.25) is 13.8 Å². The summed E-state index contributed by atoms with van der Waals surface area (Å²) in [6.45, 7) is 5.81. The van der Waals surface area contributed by atoms with Gasteiger partial charge in [-0.2, -0.15) is 5.10 Å². The van der Waals surface area contributed by atoms with Gasteiger partial charge in [-0.15, -0.1) is 0 Å². The molecule has 0 bridgehead atoms. The van der Waals surface area contributed by atoms with E-state index in [0.717, 1.165) is 44.2 Å². The molecule has 0 aliphatic carbocycles. The predicted molar refractivity (Wildman–Crippen MR) is 85.8 cm³/mol. The lowest BCUT2D eigenvalue weighted by molar-refractivity contribution is 0.183. The maximum atomic E-state index is 11.9. The lowest BCUT2D eigenvalue weighted by Crippen LogP contribution is -2.41. The van der Waals surface area contributed by atoms with E-state index in [4.69, 9.17) is 4.74 Å². The first-order valence-electron chi connectivity index (χ1n) is 7.85. The Hall–Kier alpha value is -0.720. The van der Waals surface area contributed by atoms with E-state index in [0.29, 0.717) is 0 Å². The zero-order chi connectivity index (χ0) is 15.1. The normalized spacial score (nSPS) is 23.5. The first-order valence-corrected chi connectivity index (χ1v) is 9.33. The van der Waals surface area contributed by atoms with Crippen molar-refractivity contribution in [1.29, 1.82) is 0 Å². The summed E-state index contributed by atoms with van der Waals surface area (Å²) in [6, 6.07) is 0.266. The number of nitrogens with zero attached hydrogens (tertiary/aromatic N) is 3. The van der Waals surface area contributed by atoms with Crippen molar-refractivity contribution < 1.29 is 8.95 Å². The van der Waals surface area contributed by atoms with Crippen molar-refractivity contribution in [2.45, 2.75) is 38.8 Å². The van der Waals surface area contributed by atoms with Gasteiger partial charge in [-0.25, -0.2) is 0 Å². The Morgan fingerprint density at radius 2 is 2.29 bits per heavy atom. The van der Waals surface area contributed by atoms with E-state index < -0.39 is 10.8 Å². The molecule has 1 saturated heterocycles. The van der Waals surface area contributed by atoms with E-state index in [-0.39, 0.29) is 6.04 Å². The molecule has 0 saturated carbocycles. The van der Waals surface area contributed by atoms with Crippen LogP contribution >= 0.6 is 0 Å². The van der Waals surface area contributed by atoms with Gasteiger partial charge < -0.3 is 4.74 Å². The zero-order valence-electron chi connectivity index (χ0n) is 13.2. The van der Waals surface area contributed by atoms with Gasteiger partial charge in [0.2, 0.25) is 0 Å². The maximum absolute atomic E-state index is 11.9. The molecule has 0 spiro atoms. The van der Waals surface area contributed by atoms with Gasteiger partial charge in [-0.05, 0) is 32.7 Å². The highest BCUT2D eigenvalue weighted by molar-refractivity contribution is 7.85. The van der Waals surface area contributed by atoms with Crippen molar-refractivity contribution >= 4 is 10.8 Å². The van der Waals surface area contributed by atoms with Gasteiger partial charge in [0.05, 0.1) is 6.20 Å². The van der Waals surface area contributed by atoms with Crippen LogP contribution in [0.15, 0.2) is 12.4 Å². The summed E-state index contributed by atoms with van der Waals surface area (Å²) in [5.74, 6) is 1.55. The molecule has 5 nitrogen and oxygen atoms in total. The fourth-order valence-electron chi connectivity index (χ4n) is 2.78. The number of unbranched alkanes of at least 4 members (excludes halogenated alkanes) is 2. The molecule has 0 radical (unpaired) electrons. The van der Waals surface area contributed by atoms with Crippen LogP contribution in [0.25, 0.3) is 0 Å². The number of aromatic nitrogens is 2. The Morgan fingerprint density at radius 1 is 1.43 bits per heavy atom. The van der Waals surface area contributed by atoms with Crippen molar-refractivity contribution in [3.8, 4) is 0 Å². The minimum atomic E-state index is -0.693. The fraction of sp³-hybridized carbons (Fsp3) is 0.800. The SMILES string of the molecule is CCn1cc([C@@H]2C[S@](=O)CCN2CCCCCOC)cn1. The Balaban J connectivity index is 1.91. The molecule has 1 aliphatic heterocycles. The van der Waals surface area contributed by atoms with Gasteiger partial charge in [0.15, 0.2) is 0 Å². The van der Waals surface area contributed by atoms with Crippen LogP contribution in [0, 0.1) is 0 Å². The molecule has 120 valence electrons. The molecule has 0 N–H and O–H groups in total. The molecule has 1 aromatic rings. The number of hydrogen-bond acceptors (Lipinski definition) is 4. The summed E-state index contributed by atoms with van der Waals surface area (Å²) < 4.78 is 19.0. The fourth-order valence-corrected chi connectivity index (χ4v) is 4.14. The third-order valence-electron chi connectivity index (χ3n) is 4.05. The first-order chi connectivity index (χ1) is 10.2. The van der Waals surface area contributed by atoms with Gasteiger partial charge >= 0.3 is 0 Å². The molecule has 1 fully saturated rings. The molecule has 2 rings (SSSR count). The van der Waals surface area contributed by atoms with Gasteiger partial charge in [0.25, 0.3) is 0 Å². The molecule has 1 aliphatic rings. The number of rotatable bonds is 8. The minimum Gasteiger partial charge on any atom is -0.385 e. The predicted octanol–water partition coefficient (Wildman–Crippen LogP) is 1.83. The number of hydrogen-bond donors (Lipinski definition) is 0. The van der Waals surface area contributed by atoms with Crippen LogP contribution in [0.4, 0.5) is 0 Å². The number of aryl methyl sites for hydroxylation is 1. The summed E-state index contributed by atoms with van der Waals surface area (Å²) in [6.07, 6.45) is 7.53. The summed E-state index contributed by atoms with van der Waals surface area (Å²) in [5.41, 5.74) is 1.21. The quantitative estimate of drug-likeness (QED) is 0.687. The minimum absolute atomic E-state index is 0.266. The van der Waals surface area contributed by atoms with E-state index in [1.165, 1.54) is 18.4 Å². The van der Waals surface area contributed by atoms with E-state index in [9.17, 15) is 4.21 Å². The van der Waals surface area contributed by atoms with Crippen molar-refractivity contribution in [3.05, 3.63) is 18.0 Å². The van der Waals surface area contributed by atoms with Crippen LogP contribution in [-0.4, -0.2) is 57.2 Å². The van der Waals surface area contributed by atoms with E-state index in [2.05, 4.69) is 23.1 Å². The second-order valence-corrected chi connectivity index (χ2v) is 7.17. The van der Waals surface area contributed by atoms with E-state index >= 15 is 0 Å². The second-order valence-electron chi connectivity index (χ2n) is 5.55. The third kappa shape index (κ3) is 4.90. The molecule has 2 heterocycles. The van der Waals surface area contributed by atoms with Crippen LogP contribution in [0.3, 0.4) is 0 Å². The zero-order valence-corrected chi connectivity index (χ0v) is 14.0. The Bertz CT molecular complexity index is 450. The molecule has 0 aromatic carbocycles. The molecule has 1 aromatic heterocycles. The smallest absolute Gasteiger partial charge is 0.0538 e. The van der Waals surface area contributed by atoms with Crippen molar-refractivity contribution in [2.75, 3.05) is 38.3 Å². The summed E-state index contributed by atoms with van der Waals surface area (Å²) in [4.78, 5) is 2.48. The Kier molecular flexibility index (Phi) is 6.86. The summed E-state index contributed by atoms with van der Waals surface area (Å²) >= 11 is 0. The monoisotopic (exact) mass is 313 g/mol. The molecule has 0 amide bonds. The standard InChI is InChI=1S/C15H27N3O2S/c1-3-18-12-14(11-16-18)15-13-21(19)10-8-17(15)7-5-4-6-9-20-2/h11-12,15H,3-10,13H2,1-2H3/t15-,21+/m0/s1. The summed E-state index contributed by atoms with van der Waals surface area (Å²) in [5, 5.41) is 4.36. The molecule has 21 heavy (non-hydrogen) atoms. The highest BCUT2D eigenvalue weighted by atomic mass is 32.2. The lowest BCUT2D eigenvalue weighted by Gasteiger charge is -2.34. The topological polar surface area (TPSA) is 47.4 Å². The molecular weight excluding hydrogens is 286 g/mol. The number of ether oxygens (including phenoxy) is 1.